The summed E-state index contributed by atoms with van der Waals surface area (Å²) in [6.07, 6.45) is 5.10. The van der Waals surface area contributed by atoms with Crippen molar-refractivity contribution < 1.29 is 9.90 Å². The van der Waals surface area contributed by atoms with Gasteiger partial charge in [0.15, 0.2) is 0 Å². The van der Waals surface area contributed by atoms with Gasteiger partial charge >= 0.3 is 0 Å². The highest BCUT2D eigenvalue weighted by atomic mass is 16.3. The number of rotatable bonds is 4. The van der Waals surface area contributed by atoms with E-state index in [-0.39, 0.29) is 11.7 Å². The average Bonchev–Trinajstić information content (AvgIpc) is 2.88. The van der Waals surface area contributed by atoms with Crippen LogP contribution in [0.2, 0.25) is 0 Å². The van der Waals surface area contributed by atoms with Crippen LogP contribution < -0.4 is 5.32 Å². The maximum Gasteiger partial charge on any atom is 0.255 e. The SMILES string of the molecule is CCN(CC1CCCN1)C(=O)c1cncc(O)c1. The highest BCUT2D eigenvalue weighted by Gasteiger charge is 2.21. The van der Waals surface area contributed by atoms with Crippen molar-refractivity contribution in [1.82, 2.24) is 15.2 Å². The summed E-state index contributed by atoms with van der Waals surface area (Å²) < 4.78 is 0. The number of aromatic hydroxyl groups is 1. The van der Waals surface area contributed by atoms with Crippen LogP contribution in [0.3, 0.4) is 0 Å². The van der Waals surface area contributed by atoms with Crippen LogP contribution in [0.1, 0.15) is 30.1 Å². The molecular weight excluding hydrogens is 230 g/mol. The third-order valence-corrected chi connectivity index (χ3v) is 3.24. The van der Waals surface area contributed by atoms with E-state index in [2.05, 4.69) is 10.3 Å². The van der Waals surface area contributed by atoms with Gasteiger partial charge in [-0.25, -0.2) is 0 Å². The van der Waals surface area contributed by atoms with E-state index >= 15 is 0 Å². The minimum atomic E-state index is -0.0744. The van der Waals surface area contributed by atoms with Crippen molar-refractivity contribution in [3.8, 4) is 5.75 Å². The Morgan fingerprint density at radius 2 is 2.44 bits per heavy atom. The molecule has 0 saturated carbocycles. The molecule has 1 fully saturated rings. The highest BCUT2D eigenvalue weighted by molar-refractivity contribution is 5.94. The predicted molar refractivity (Wildman–Crippen MR) is 68.5 cm³/mol. The lowest BCUT2D eigenvalue weighted by molar-refractivity contribution is 0.0750. The molecule has 0 spiro atoms. The Hall–Kier alpha value is -1.62. The Bertz CT molecular complexity index is 416. The van der Waals surface area contributed by atoms with Gasteiger partial charge in [0.25, 0.3) is 5.91 Å². The molecule has 1 aliphatic heterocycles. The van der Waals surface area contributed by atoms with Crippen LogP contribution in [0.5, 0.6) is 5.75 Å². The zero-order chi connectivity index (χ0) is 13.0. The van der Waals surface area contributed by atoms with E-state index in [1.54, 1.807) is 4.90 Å². The quantitative estimate of drug-likeness (QED) is 0.835. The van der Waals surface area contributed by atoms with Crippen LogP contribution in [-0.2, 0) is 0 Å². The van der Waals surface area contributed by atoms with Crippen LogP contribution in [0.15, 0.2) is 18.5 Å². The minimum Gasteiger partial charge on any atom is -0.506 e. The lowest BCUT2D eigenvalue weighted by Crippen LogP contribution is -2.41. The number of hydrogen-bond donors (Lipinski definition) is 2. The predicted octanol–water partition coefficient (Wildman–Crippen LogP) is 1.00. The third kappa shape index (κ3) is 2.98. The molecule has 0 aliphatic carbocycles. The lowest BCUT2D eigenvalue weighted by Gasteiger charge is -2.24. The topological polar surface area (TPSA) is 65.5 Å². The molecule has 2 heterocycles. The molecule has 1 aromatic rings. The Morgan fingerprint density at radius 3 is 3.06 bits per heavy atom. The van der Waals surface area contributed by atoms with Crippen LogP contribution in [-0.4, -0.2) is 46.6 Å². The molecule has 0 radical (unpaired) electrons. The third-order valence-electron chi connectivity index (χ3n) is 3.24. The fourth-order valence-electron chi connectivity index (χ4n) is 2.26. The maximum absolute atomic E-state index is 12.3. The van der Waals surface area contributed by atoms with Gasteiger partial charge < -0.3 is 15.3 Å². The zero-order valence-electron chi connectivity index (χ0n) is 10.6. The fourth-order valence-corrected chi connectivity index (χ4v) is 2.26. The lowest BCUT2D eigenvalue weighted by atomic mass is 10.2. The molecule has 0 aromatic carbocycles. The van der Waals surface area contributed by atoms with Crippen molar-refractivity contribution in [2.45, 2.75) is 25.8 Å². The largest absolute Gasteiger partial charge is 0.506 e. The van der Waals surface area contributed by atoms with E-state index in [1.165, 1.54) is 24.9 Å². The summed E-state index contributed by atoms with van der Waals surface area (Å²) in [4.78, 5) is 17.9. The molecule has 1 saturated heterocycles. The van der Waals surface area contributed by atoms with Crippen LogP contribution in [0.4, 0.5) is 0 Å². The molecule has 1 atom stereocenters. The van der Waals surface area contributed by atoms with E-state index in [9.17, 15) is 9.90 Å². The molecule has 0 bridgehead atoms. The second kappa shape index (κ2) is 5.82. The molecule has 18 heavy (non-hydrogen) atoms. The number of carbonyl (C=O) groups excluding carboxylic acids is 1. The number of carbonyl (C=O) groups is 1. The number of nitrogens with zero attached hydrogens (tertiary/aromatic N) is 2. The van der Waals surface area contributed by atoms with Crippen LogP contribution >= 0.6 is 0 Å². The molecule has 1 aromatic heterocycles. The minimum absolute atomic E-state index is 0.0240. The molecule has 2 rings (SSSR count). The first kappa shape index (κ1) is 12.8. The van der Waals surface area contributed by atoms with E-state index < -0.39 is 0 Å². The van der Waals surface area contributed by atoms with Crippen molar-refractivity contribution >= 4 is 5.91 Å². The number of amides is 1. The second-order valence-electron chi connectivity index (χ2n) is 4.57. The van der Waals surface area contributed by atoms with Gasteiger partial charge in [0.05, 0.1) is 11.8 Å². The normalized spacial score (nSPS) is 18.8. The van der Waals surface area contributed by atoms with Crippen molar-refractivity contribution in [2.24, 2.45) is 0 Å². The zero-order valence-corrected chi connectivity index (χ0v) is 10.6. The van der Waals surface area contributed by atoms with Crippen molar-refractivity contribution in [3.05, 3.63) is 24.0 Å². The second-order valence-corrected chi connectivity index (χ2v) is 4.57. The molecule has 5 heteroatoms. The van der Waals surface area contributed by atoms with E-state index in [1.807, 2.05) is 6.92 Å². The molecule has 2 N–H and O–H groups in total. The van der Waals surface area contributed by atoms with Crippen LogP contribution in [0.25, 0.3) is 0 Å². The summed E-state index contributed by atoms with van der Waals surface area (Å²) in [7, 11) is 0. The van der Waals surface area contributed by atoms with Gasteiger partial charge in [-0.1, -0.05) is 0 Å². The molecule has 1 amide bonds. The first-order valence-corrected chi connectivity index (χ1v) is 6.37. The summed E-state index contributed by atoms with van der Waals surface area (Å²) in [6, 6.07) is 1.85. The van der Waals surface area contributed by atoms with Gasteiger partial charge in [-0.15, -0.1) is 0 Å². The van der Waals surface area contributed by atoms with Crippen molar-refractivity contribution in [3.63, 3.8) is 0 Å². The van der Waals surface area contributed by atoms with Crippen molar-refractivity contribution in [2.75, 3.05) is 19.6 Å². The maximum atomic E-state index is 12.3. The van der Waals surface area contributed by atoms with E-state index in [4.69, 9.17) is 0 Å². The monoisotopic (exact) mass is 249 g/mol. The van der Waals surface area contributed by atoms with Gasteiger partial charge in [-0.2, -0.15) is 0 Å². The summed E-state index contributed by atoms with van der Waals surface area (Å²) in [5.41, 5.74) is 0.440. The summed E-state index contributed by atoms with van der Waals surface area (Å²) in [6.45, 7) is 4.37. The Balaban J connectivity index is 2.04. The number of likely N-dealkylation sites (N-methyl/N-ethyl adjacent to an activating group) is 1. The number of nitrogens with one attached hydrogen (secondary N) is 1. The Kier molecular flexibility index (Phi) is 4.15. The van der Waals surface area contributed by atoms with Gasteiger partial charge in [0.2, 0.25) is 0 Å². The highest BCUT2D eigenvalue weighted by Crippen LogP contribution is 2.13. The van der Waals surface area contributed by atoms with Crippen molar-refractivity contribution in [1.29, 1.82) is 0 Å². The average molecular weight is 249 g/mol. The first-order valence-electron chi connectivity index (χ1n) is 6.37. The van der Waals surface area contributed by atoms with Gasteiger partial charge in [-0.3, -0.25) is 9.78 Å². The van der Waals surface area contributed by atoms with Gasteiger partial charge in [0, 0.05) is 25.3 Å². The Labute approximate surface area is 107 Å². The molecule has 1 unspecified atom stereocenters. The number of hydrogen-bond acceptors (Lipinski definition) is 4. The Morgan fingerprint density at radius 1 is 1.61 bits per heavy atom. The van der Waals surface area contributed by atoms with E-state index in [0.717, 1.165) is 13.0 Å². The molecule has 98 valence electrons. The molecule has 1 aliphatic rings. The molecule has 5 nitrogen and oxygen atoms in total. The standard InChI is InChI=1S/C13H19N3O2/c1-2-16(9-11-4-3-5-15-11)13(18)10-6-12(17)8-14-7-10/h6-8,11,15,17H,2-5,9H2,1H3. The fraction of sp³-hybridized carbons (Fsp3) is 0.538. The number of pyridine rings is 1. The first-order chi connectivity index (χ1) is 8.70. The summed E-state index contributed by atoms with van der Waals surface area (Å²) >= 11 is 0. The molecular formula is C13H19N3O2. The number of aromatic nitrogens is 1. The smallest absolute Gasteiger partial charge is 0.255 e. The summed E-state index contributed by atoms with van der Waals surface area (Å²) in [5.74, 6) is -0.0505. The van der Waals surface area contributed by atoms with Crippen LogP contribution in [0, 0.1) is 0 Å². The summed E-state index contributed by atoms with van der Waals surface area (Å²) in [5, 5.41) is 12.7. The van der Waals surface area contributed by atoms with Gasteiger partial charge in [0.1, 0.15) is 5.75 Å². The van der Waals surface area contributed by atoms with E-state index in [0.29, 0.717) is 24.7 Å². The van der Waals surface area contributed by atoms with Gasteiger partial charge in [-0.05, 0) is 32.4 Å².